The van der Waals surface area contributed by atoms with Gasteiger partial charge in [-0.2, -0.15) is 0 Å². The van der Waals surface area contributed by atoms with Gasteiger partial charge in [-0.15, -0.1) is 0 Å². The van der Waals surface area contributed by atoms with Crippen LogP contribution in [-0.4, -0.2) is 22.6 Å². The smallest absolute Gasteiger partial charge is 0.352 e. The first-order valence-electron chi connectivity index (χ1n) is 4.26. The highest BCUT2D eigenvalue weighted by Crippen LogP contribution is 2.25. The van der Waals surface area contributed by atoms with Gasteiger partial charge in [-0.25, -0.2) is 4.79 Å². The largest absolute Gasteiger partial charge is 0.480 e. The average molecular weight is 200 g/mol. The van der Waals surface area contributed by atoms with E-state index in [9.17, 15) is 14.7 Å². The Hall–Kier alpha value is -1.52. The first-order chi connectivity index (χ1) is 6.37. The summed E-state index contributed by atoms with van der Waals surface area (Å²) in [4.78, 5) is 22.5. The molecule has 0 aromatic carbocycles. The number of cyclic esters (lactones) is 1. The molecule has 0 amide bonds. The molecule has 1 rings (SSSR count). The van der Waals surface area contributed by atoms with Gasteiger partial charge in [0.2, 0.25) is 0 Å². The summed E-state index contributed by atoms with van der Waals surface area (Å²) in [5.74, 6) is -3.22. The van der Waals surface area contributed by atoms with Crippen LogP contribution in [0.25, 0.3) is 0 Å². The van der Waals surface area contributed by atoms with E-state index in [4.69, 9.17) is 9.47 Å². The number of ketones is 1. The monoisotopic (exact) mass is 200 g/mol. The Balaban J connectivity index is 3.05. The molecule has 0 aromatic heterocycles. The molecule has 0 saturated heterocycles. The number of aliphatic hydroxyl groups excluding tert-OH is 1. The fourth-order valence-corrected chi connectivity index (χ4v) is 1.08. The summed E-state index contributed by atoms with van der Waals surface area (Å²) >= 11 is 0. The van der Waals surface area contributed by atoms with Crippen molar-refractivity contribution in [1.82, 2.24) is 0 Å². The molecule has 0 radical (unpaired) electrons. The van der Waals surface area contributed by atoms with Crippen molar-refractivity contribution in [2.45, 2.75) is 33.0 Å². The number of hydrogen-bond donors (Lipinski definition) is 1. The van der Waals surface area contributed by atoms with Gasteiger partial charge in [0.1, 0.15) is 0 Å². The molecule has 5 heteroatoms. The lowest BCUT2D eigenvalue weighted by molar-refractivity contribution is -0.221. The van der Waals surface area contributed by atoms with E-state index in [2.05, 4.69) is 0 Å². The lowest BCUT2D eigenvalue weighted by Crippen LogP contribution is -2.38. The molecule has 1 heterocycles. The maximum atomic E-state index is 11.3. The van der Waals surface area contributed by atoms with Crippen LogP contribution in [0.1, 0.15) is 27.2 Å². The van der Waals surface area contributed by atoms with Gasteiger partial charge < -0.3 is 14.6 Å². The molecule has 5 nitrogen and oxygen atoms in total. The highest BCUT2D eigenvalue weighted by molar-refractivity contribution is 6.17. The quantitative estimate of drug-likeness (QED) is 0.532. The van der Waals surface area contributed by atoms with E-state index in [0.29, 0.717) is 0 Å². The summed E-state index contributed by atoms with van der Waals surface area (Å²) in [6.07, 6.45) is 0.109. The Morgan fingerprint density at radius 2 is 2.00 bits per heavy atom. The SMILES string of the molecule is CCC(=O)C1=C(O)OC(C)(C)OC1=O. The van der Waals surface area contributed by atoms with Crippen molar-refractivity contribution < 1.29 is 24.2 Å². The van der Waals surface area contributed by atoms with Gasteiger partial charge in [0.25, 0.3) is 11.7 Å². The van der Waals surface area contributed by atoms with Crippen molar-refractivity contribution in [3.63, 3.8) is 0 Å². The third-order valence-corrected chi connectivity index (χ3v) is 1.70. The molecular formula is C9H12O5. The zero-order chi connectivity index (χ0) is 10.9. The van der Waals surface area contributed by atoms with E-state index in [1.165, 1.54) is 13.8 Å². The summed E-state index contributed by atoms with van der Waals surface area (Å²) in [7, 11) is 0. The molecule has 0 spiro atoms. The van der Waals surface area contributed by atoms with Gasteiger partial charge in [-0.3, -0.25) is 4.79 Å². The fraction of sp³-hybridized carbons (Fsp3) is 0.556. The molecule has 1 aliphatic rings. The Morgan fingerprint density at radius 1 is 1.43 bits per heavy atom. The molecule has 1 aliphatic heterocycles. The van der Waals surface area contributed by atoms with Crippen LogP contribution in [0.15, 0.2) is 11.5 Å². The lowest BCUT2D eigenvalue weighted by Gasteiger charge is -2.30. The van der Waals surface area contributed by atoms with E-state index in [1.807, 2.05) is 0 Å². The maximum absolute atomic E-state index is 11.3. The molecule has 0 atom stereocenters. The van der Waals surface area contributed by atoms with Gasteiger partial charge in [0.15, 0.2) is 11.4 Å². The predicted octanol–water partition coefficient (Wildman–Crippen LogP) is 1.04. The number of hydrogen-bond acceptors (Lipinski definition) is 5. The van der Waals surface area contributed by atoms with E-state index in [1.54, 1.807) is 6.92 Å². The maximum Gasteiger partial charge on any atom is 0.352 e. The van der Waals surface area contributed by atoms with Gasteiger partial charge in [-0.05, 0) is 0 Å². The van der Waals surface area contributed by atoms with Crippen LogP contribution in [-0.2, 0) is 19.1 Å². The molecular weight excluding hydrogens is 188 g/mol. The zero-order valence-electron chi connectivity index (χ0n) is 8.29. The van der Waals surface area contributed by atoms with Crippen molar-refractivity contribution in [2.24, 2.45) is 0 Å². The number of esters is 1. The van der Waals surface area contributed by atoms with Crippen LogP contribution in [0.5, 0.6) is 0 Å². The molecule has 1 N–H and O–H groups in total. The van der Waals surface area contributed by atoms with Gasteiger partial charge in [-0.1, -0.05) is 6.92 Å². The third kappa shape index (κ3) is 1.86. The number of carbonyl (C=O) groups excluding carboxylic acids is 2. The van der Waals surface area contributed by atoms with Crippen LogP contribution in [0, 0.1) is 0 Å². The second-order valence-electron chi connectivity index (χ2n) is 3.35. The molecule has 0 aliphatic carbocycles. The first kappa shape index (κ1) is 10.6. The minimum Gasteiger partial charge on any atom is -0.480 e. The summed E-state index contributed by atoms with van der Waals surface area (Å²) < 4.78 is 9.63. The Labute approximate surface area is 81.3 Å². The standard InChI is InChI=1S/C9H12O5/c1-4-5(10)6-7(11)13-9(2,3)14-8(6)12/h11H,4H2,1-3H3. The minimum atomic E-state index is -1.22. The summed E-state index contributed by atoms with van der Waals surface area (Å²) in [6.45, 7) is 4.51. The fourth-order valence-electron chi connectivity index (χ4n) is 1.08. The van der Waals surface area contributed by atoms with Gasteiger partial charge >= 0.3 is 5.97 Å². The van der Waals surface area contributed by atoms with Crippen molar-refractivity contribution in [2.75, 3.05) is 0 Å². The van der Waals surface area contributed by atoms with E-state index >= 15 is 0 Å². The Kier molecular flexibility index (Phi) is 2.51. The minimum absolute atomic E-state index is 0.109. The van der Waals surface area contributed by atoms with Crippen LogP contribution in [0.3, 0.4) is 0 Å². The van der Waals surface area contributed by atoms with E-state index < -0.39 is 29.1 Å². The Bertz CT molecular complexity index is 313. The summed E-state index contributed by atoms with van der Waals surface area (Å²) in [5.41, 5.74) is -0.410. The van der Waals surface area contributed by atoms with Crippen LogP contribution in [0.4, 0.5) is 0 Å². The van der Waals surface area contributed by atoms with Crippen molar-refractivity contribution >= 4 is 11.8 Å². The van der Waals surface area contributed by atoms with Gasteiger partial charge in [0.05, 0.1) is 0 Å². The highest BCUT2D eigenvalue weighted by atomic mass is 16.8. The second kappa shape index (κ2) is 3.32. The summed E-state index contributed by atoms with van der Waals surface area (Å²) in [5, 5.41) is 9.31. The zero-order valence-corrected chi connectivity index (χ0v) is 8.29. The first-order valence-corrected chi connectivity index (χ1v) is 4.26. The molecule has 0 bridgehead atoms. The number of Topliss-reactive ketones (excluding diaryl/α,β-unsaturated/α-hetero) is 1. The van der Waals surface area contributed by atoms with Crippen molar-refractivity contribution in [1.29, 1.82) is 0 Å². The number of ether oxygens (including phenoxy) is 2. The second-order valence-corrected chi connectivity index (χ2v) is 3.35. The normalized spacial score (nSPS) is 20.1. The van der Waals surface area contributed by atoms with Crippen molar-refractivity contribution in [3.8, 4) is 0 Å². The Morgan fingerprint density at radius 3 is 2.43 bits per heavy atom. The average Bonchev–Trinajstić information content (AvgIpc) is 1.99. The van der Waals surface area contributed by atoms with Crippen LogP contribution < -0.4 is 0 Å². The molecule has 0 saturated carbocycles. The lowest BCUT2D eigenvalue weighted by atomic mass is 10.1. The molecule has 78 valence electrons. The topological polar surface area (TPSA) is 72.8 Å². The van der Waals surface area contributed by atoms with E-state index in [0.717, 1.165) is 0 Å². The van der Waals surface area contributed by atoms with Crippen LogP contribution in [0.2, 0.25) is 0 Å². The number of aliphatic hydroxyl groups is 1. The number of carbonyl (C=O) groups is 2. The number of rotatable bonds is 2. The third-order valence-electron chi connectivity index (χ3n) is 1.70. The highest BCUT2D eigenvalue weighted by Gasteiger charge is 2.38. The van der Waals surface area contributed by atoms with Gasteiger partial charge in [0, 0.05) is 20.3 Å². The van der Waals surface area contributed by atoms with Crippen LogP contribution >= 0.6 is 0 Å². The molecule has 0 unspecified atom stereocenters. The van der Waals surface area contributed by atoms with E-state index in [-0.39, 0.29) is 6.42 Å². The molecule has 0 aromatic rings. The summed E-state index contributed by atoms with van der Waals surface area (Å²) in [6, 6.07) is 0. The molecule has 14 heavy (non-hydrogen) atoms. The predicted molar refractivity (Wildman–Crippen MR) is 46.2 cm³/mol. The molecule has 0 fully saturated rings. The van der Waals surface area contributed by atoms with Crippen molar-refractivity contribution in [3.05, 3.63) is 11.5 Å².